The van der Waals surface area contributed by atoms with E-state index in [1.165, 1.54) is 0 Å². The number of carbonyl (C=O) groups is 1. The predicted octanol–water partition coefficient (Wildman–Crippen LogP) is 2.66. The molecule has 22 heavy (non-hydrogen) atoms. The average molecular weight is 290 g/mol. The molecule has 3 nitrogen and oxygen atoms in total. The molecule has 1 saturated heterocycles. The van der Waals surface area contributed by atoms with Gasteiger partial charge in [0.2, 0.25) is 0 Å². The number of piperazine rings is 1. The number of hydrogen-bond donors (Lipinski definition) is 1. The standard InChI is InChI=1S/C19H18N2O/c22-19-16-9-5-4-8-15(16)18(21-12-10-20-11-13-21)17(19)14-6-2-1-3-7-14/h1-9,20H,10-13H2. The van der Waals surface area contributed by atoms with E-state index >= 15 is 0 Å². The van der Waals surface area contributed by atoms with Crippen molar-refractivity contribution in [3.05, 3.63) is 71.3 Å². The van der Waals surface area contributed by atoms with Gasteiger partial charge in [0.1, 0.15) is 0 Å². The summed E-state index contributed by atoms with van der Waals surface area (Å²) in [6.07, 6.45) is 0. The highest BCUT2D eigenvalue weighted by molar-refractivity contribution is 6.39. The van der Waals surface area contributed by atoms with Crippen molar-refractivity contribution in [3.8, 4) is 0 Å². The zero-order valence-corrected chi connectivity index (χ0v) is 12.4. The van der Waals surface area contributed by atoms with E-state index < -0.39 is 0 Å². The van der Waals surface area contributed by atoms with Gasteiger partial charge in [-0.1, -0.05) is 54.6 Å². The van der Waals surface area contributed by atoms with Crippen LogP contribution in [0.2, 0.25) is 0 Å². The normalized spacial score (nSPS) is 17.8. The Morgan fingerprint density at radius 3 is 2.18 bits per heavy atom. The molecule has 0 atom stereocenters. The van der Waals surface area contributed by atoms with Crippen LogP contribution < -0.4 is 5.32 Å². The molecule has 1 heterocycles. The third-order valence-corrected chi connectivity index (χ3v) is 4.39. The first kappa shape index (κ1) is 13.3. The summed E-state index contributed by atoms with van der Waals surface area (Å²) in [5.41, 5.74) is 4.87. The number of benzene rings is 2. The fraction of sp³-hybridized carbons (Fsp3) is 0.211. The van der Waals surface area contributed by atoms with E-state index in [4.69, 9.17) is 0 Å². The summed E-state index contributed by atoms with van der Waals surface area (Å²) in [5.74, 6) is 0.148. The number of hydrogen-bond acceptors (Lipinski definition) is 3. The summed E-state index contributed by atoms with van der Waals surface area (Å²) < 4.78 is 0. The molecule has 110 valence electrons. The number of nitrogens with zero attached hydrogens (tertiary/aromatic N) is 1. The van der Waals surface area contributed by atoms with Gasteiger partial charge in [0, 0.05) is 37.3 Å². The molecule has 0 bridgehead atoms. The Hall–Kier alpha value is -2.39. The second-order valence-corrected chi connectivity index (χ2v) is 5.70. The van der Waals surface area contributed by atoms with Gasteiger partial charge in [-0.15, -0.1) is 0 Å². The second kappa shape index (κ2) is 5.43. The molecule has 1 aliphatic carbocycles. The molecule has 1 aliphatic heterocycles. The molecule has 4 rings (SSSR count). The van der Waals surface area contributed by atoms with Gasteiger partial charge < -0.3 is 10.2 Å². The molecule has 3 heteroatoms. The molecule has 0 saturated carbocycles. The van der Waals surface area contributed by atoms with Crippen molar-refractivity contribution in [1.82, 2.24) is 10.2 Å². The van der Waals surface area contributed by atoms with E-state index in [9.17, 15) is 4.79 Å². The molecular weight excluding hydrogens is 272 g/mol. The Bertz CT molecular complexity index is 743. The van der Waals surface area contributed by atoms with Crippen molar-refractivity contribution in [3.63, 3.8) is 0 Å². The van der Waals surface area contributed by atoms with Crippen LogP contribution in [-0.4, -0.2) is 36.9 Å². The van der Waals surface area contributed by atoms with Gasteiger partial charge >= 0.3 is 0 Å². The lowest BCUT2D eigenvalue weighted by molar-refractivity contribution is 0.105. The molecule has 0 radical (unpaired) electrons. The topological polar surface area (TPSA) is 32.3 Å². The fourth-order valence-electron chi connectivity index (χ4n) is 3.35. The molecule has 1 N–H and O–H groups in total. The van der Waals surface area contributed by atoms with E-state index in [2.05, 4.69) is 16.3 Å². The fourth-order valence-corrected chi connectivity index (χ4v) is 3.35. The lowest BCUT2D eigenvalue weighted by Crippen LogP contribution is -2.42. The van der Waals surface area contributed by atoms with E-state index in [0.29, 0.717) is 0 Å². The highest BCUT2D eigenvalue weighted by Crippen LogP contribution is 2.40. The maximum atomic E-state index is 13.0. The van der Waals surface area contributed by atoms with Crippen molar-refractivity contribution in [2.45, 2.75) is 0 Å². The summed E-state index contributed by atoms with van der Waals surface area (Å²) in [6, 6.07) is 18.0. The minimum atomic E-state index is 0.148. The SMILES string of the molecule is O=C1C(c2ccccc2)=C(N2CCNCC2)c2ccccc21. The van der Waals surface area contributed by atoms with Crippen LogP contribution in [-0.2, 0) is 0 Å². The van der Waals surface area contributed by atoms with Crippen LogP contribution in [0.4, 0.5) is 0 Å². The third-order valence-electron chi connectivity index (χ3n) is 4.39. The van der Waals surface area contributed by atoms with Crippen molar-refractivity contribution in [2.75, 3.05) is 26.2 Å². The largest absolute Gasteiger partial charge is 0.368 e. The third kappa shape index (κ3) is 2.06. The van der Waals surface area contributed by atoms with Gasteiger partial charge in [-0.3, -0.25) is 4.79 Å². The van der Waals surface area contributed by atoms with Crippen LogP contribution in [0, 0.1) is 0 Å². The molecule has 1 fully saturated rings. The summed E-state index contributed by atoms with van der Waals surface area (Å²) in [4.78, 5) is 15.3. The number of allylic oxidation sites excluding steroid dienone is 1. The molecule has 0 aromatic heterocycles. The molecule has 2 aromatic rings. The zero-order chi connectivity index (χ0) is 14.9. The highest BCUT2D eigenvalue weighted by atomic mass is 16.1. The Balaban J connectivity index is 1.91. The lowest BCUT2D eigenvalue weighted by atomic mass is 10.0. The highest BCUT2D eigenvalue weighted by Gasteiger charge is 2.33. The van der Waals surface area contributed by atoms with Gasteiger partial charge in [0.15, 0.2) is 5.78 Å². The lowest BCUT2D eigenvalue weighted by Gasteiger charge is -2.31. The minimum Gasteiger partial charge on any atom is -0.368 e. The van der Waals surface area contributed by atoms with Crippen molar-refractivity contribution in [2.24, 2.45) is 0 Å². The van der Waals surface area contributed by atoms with Crippen LogP contribution in [0.5, 0.6) is 0 Å². The number of fused-ring (bicyclic) bond motifs is 1. The quantitative estimate of drug-likeness (QED) is 0.923. The maximum absolute atomic E-state index is 13.0. The monoisotopic (exact) mass is 290 g/mol. The molecule has 2 aliphatic rings. The maximum Gasteiger partial charge on any atom is 0.196 e. The summed E-state index contributed by atoms with van der Waals surface area (Å²) in [7, 11) is 0. The van der Waals surface area contributed by atoms with E-state index in [0.717, 1.165) is 54.1 Å². The van der Waals surface area contributed by atoms with Crippen molar-refractivity contribution >= 4 is 17.1 Å². The van der Waals surface area contributed by atoms with Crippen molar-refractivity contribution in [1.29, 1.82) is 0 Å². The molecule has 0 unspecified atom stereocenters. The molecular formula is C19H18N2O. The first-order valence-electron chi connectivity index (χ1n) is 7.76. The summed E-state index contributed by atoms with van der Waals surface area (Å²) in [5, 5.41) is 3.38. The first-order chi connectivity index (χ1) is 10.9. The van der Waals surface area contributed by atoms with Gasteiger partial charge in [0.25, 0.3) is 0 Å². The predicted molar refractivity (Wildman–Crippen MR) is 88.5 cm³/mol. The zero-order valence-electron chi connectivity index (χ0n) is 12.4. The Morgan fingerprint density at radius 2 is 1.45 bits per heavy atom. The number of rotatable bonds is 2. The van der Waals surface area contributed by atoms with E-state index in [1.807, 2.05) is 48.5 Å². The van der Waals surface area contributed by atoms with Gasteiger partial charge in [-0.25, -0.2) is 0 Å². The number of Topliss-reactive ketones (excluding diaryl/α,β-unsaturated/α-hetero) is 1. The van der Waals surface area contributed by atoms with Crippen LogP contribution in [0.1, 0.15) is 21.5 Å². The Morgan fingerprint density at radius 1 is 0.818 bits per heavy atom. The van der Waals surface area contributed by atoms with Crippen LogP contribution >= 0.6 is 0 Å². The minimum absolute atomic E-state index is 0.148. The smallest absolute Gasteiger partial charge is 0.196 e. The Labute approximate surface area is 130 Å². The van der Waals surface area contributed by atoms with E-state index in [1.54, 1.807) is 0 Å². The van der Waals surface area contributed by atoms with Gasteiger partial charge in [0.05, 0.1) is 11.3 Å². The average Bonchev–Trinajstić information content (AvgIpc) is 2.90. The van der Waals surface area contributed by atoms with E-state index in [-0.39, 0.29) is 5.78 Å². The molecule has 0 spiro atoms. The van der Waals surface area contributed by atoms with Crippen molar-refractivity contribution < 1.29 is 4.79 Å². The number of carbonyl (C=O) groups excluding carboxylic acids is 1. The van der Waals surface area contributed by atoms with Crippen LogP contribution in [0.3, 0.4) is 0 Å². The van der Waals surface area contributed by atoms with Crippen LogP contribution in [0.25, 0.3) is 11.3 Å². The molecule has 2 aromatic carbocycles. The first-order valence-corrected chi connectivity index (χ1v) is 7.76. The summed E-state index contributed by atoms with van der Waals surface area (Å²) in [6.45, 7) is 3.80. The number of nitrogens with one attached hydrogen (secondary N) is 1. The summed E-state index contributed by atoms with van der Waals surface area (Å²) >= 11 is 0. The van der Waals surface area contributed by atoms with Crippen LogP contribution in [0.15, 0.2) is 54.6 Å². The van der Waals surface area contributed by atoms with Gasteiger partial charge in [-0.05, 0) is 5.56 Å². The number of ketones is 1. The van der Waals surface area contributed by atoms with Gasteiger partial charge in [-0.2, -0.15) is 0 Å². The molecule has 0 amide bonds. The second-order valence-electron chi connectivity index (χ2n) is 5.70. The Kier molecular flexibility index (Phi) is 3.28.